The molecule has 0 heterocycles. The predicted molar refractivity (Wildman–Crippen MR) is 23.5 cm³/mol. The zero-order valence-electron chi connectivity index (χ0n) is 5.55. The Hall–Kier alpha value is 0.630. The van der Waals surface area contributed by atoms with Crippen LogP contribution in [0.4, 0.5) is 0 Å². The molecular formula is C4H9NaO2. The van der Waals surface area contributed by atoms with E-state index in [-0.39, 0.29) is 37.6 Å². The minimum atomic E-state index is 0. The van der Waals surface area contributed by atoms with Gasteiger partial charge >= 0.3 is 29.6 Å². The molecule has 0 bridgehead atoms. The molecule has 0 aromatic heterocycles. The minimum absolute atomic E-state index is 0. The number of aliphatic hydroxyl groups excluding tert-OH is 1. The molecule has 3 heteroatoms. The number of carbonyl (C=O) groups is 1. The molecule has 0 fully saturated rings. The average Bonchev–Trinajstić information content (AvgIpc) is 1.61. The van der Waals surface area contributed by atoms with Crippen molar-refractivity contribution in [3.63, 3.8) is 0 Å². The topological polar surface area (TPSA) is 37.3 Å². The Kier molecular flexibility index (Phi) is 14.8. The third-order valence-electron chi connectivity index (χ3n) is 0.480. The first-order valence-corrected chi connectivity index (χ1v) is 1.96. The van der Waals surface area contributed by atoms with E-state index >= 15 is 0 Å². The van der Waals surface area contributed by atoms with Crippen molar-refractivity contribution in [3.8, 4) is 0 Å². The molecule has 0 aliphatic heterocycles. The van der Waals surface area contributed by atoms with Gasteiger partial charge in [0.25, 0.3) is 0 Å². The van der Waals surface area contributed by atoms with E-state index in [9.17, 15) is 4.79 Å². The van der Waals surface area contributed by atoms with Gasteiger partial charge in [-0.3, -0.25) is 0 Å². The maximum absolute atomic E-state index is 9.45. The molecule has 0 aromatic carbocycles. The van der Waals surface area contributed by atoms with Gasteiger partial charge in [-0.05, 0) is 6.42 Å². The molecule has 0 unspecified atom stereocenters. The Morgan fingerprint density at radius 2 is 2.29 bits per heavy atom. The van der Waals surface area contributed by atoms with Crippen LogP contribution in [0, 0.1) is 0 Å². The molecule has 1 N–H and O–H groups in total. The quantitative estimate of drug-likeness (QED) is 0.241. The van der Waals surface area contributed by atoms with Gasteiger partial charge in [0.05, 0.1) is 0 Å². The normalized spacial score (nSPS) is 7.00. The van der Waals surface area contributed by atoms with Crippen molar-refractivity contribution in [2.45, 2.75) is 12.8 Å². The molecule has 0 saturated heterocycles. The van der Waals surface area contributed by atoms with Crippen LogP contribution in [0.2, 0.25) is 0 Å². The van der Waals surface area contributed by atoms with Crippen LogP contribution in [0.3, 0.4) is 0 Å². The molecule has 0 radical (unpaired) electrons. The maximum atomic E-state index is 9.45. The fourth-order valence-electron chi connectivity index (χ4n) is 0.175. The molecule has 0 atom stereocenters. The van der Waals surface area contributed by atoms with E-state index in [1.807, 2.05) is 0 Å². The van der Waals surface area contributed by atoms with Crippen LogP contribution >= 0.6 is 0 Å². The van der Waals surface area contributed by atoms with Crippen molar-refractivity contribution in [2.75, 3.05) is 6.61 Å². The monoisotopic (exact) mass is 112 g/mol. The number of aldehydes is 1. The summed E-state index contributed by atoms with van der Waals surface area (Å²) in [5.41, 5.74) is 0. The summed E-state index contributed by atoms with van der Waals surface area (Å²) in [6, 6.07) is 0. The molecule has 0 rings (SSSR count). The van der Waals surface area contributed by atoms with Crippen molar-refractivity contribution in [2.24, 2.45) is 0 Å². The molecular weight excluding hydrogens is 103 g/mol. The summed E-state index contributed by atoms with van der Waals surface area (Å²) in [5, 5.41) is 8.04. The van der Waals surface area contributed by atoms with E-state index in [1.54, 1.807) is 0 Å². The molecule has 0 amide bonds. The van der Waals surface area contributed by atoms with E-state index in [0.29, 0.717) is 12.8 Å². The van der Waals surface area contributed by atoms with Crippen LogP contribution in [0.25, 0.3) is 0 Å². The van der Waals surface area contributed by atoms with Crippen LogP contribution in [0.1, 0.15) is 14.3 Å². The molecule has 0 aliphatic carbocycles. The Morgan fingerprint density at radius 3 is 2.43 bits per heavy atom. The fourth-order valence-corrected chi connectivity index (χ4v) is 0.175. The van der Waals surface area contributed by atoms with Crippen molar-refractivity contribution in [1.29, 1.82) is 0 Å². The summed E-state index contributed by atoms with van der Waals surface area (Å²) < 4.78 is 0. The number of carbonyl (C=O) groups excluding carboxylic acids is 1. The summed E-state index contributed by atoms with van der Waals surface area (Å²) in [5.74, 6) is 0. The van der Waals surface area contributed by atoms with Crippen LogP contribution < -0.4 is 29.6 Å². The van der Waals surface area contributed by atoms with Crippen molar-refractivity contribution in [3.05, 3.63) is 0 Å². The largest absolute Gasteiger partial charge is 1.00 e. The second-order valence-electron chi connectivity index (χ2n) is 1.03. The van der Waals surface area contributed by atoms with Crippen LogP contribution in [-0.4, -0.2) is 18.0 Å². The zero-order chi connectivity index (χ0) is 4.83. The first kappa shape index (κ1) is 10.6. The third kappa shape index (κ3) is 10.8. The van der Waals surface area contributed by atoms with Gasteiger partial charge in [-0.15, -0.1) is 0 Å². The van der Waals surface area contributed by atoms with Crippen molar-refractivity contribution in [1.82, 2.24) is 0 Å². The van der Waals surface area contributed by atoms with Crippen molar-refractivity contribution < 1.29 is 40.9 Å². The smallest absolute Gasteiger partial charge is 1.00 e. The van der Waals surface area contributed by atoms with E-state index in [1.165, 1.54) is 0 Å². The van der Waals surface area contributed by atoms with Crippen molar-refractivity contribution >= 4 is 6.29 Å². The molecule has 0 aromatic rings. The number of hydrogen-bond acceptors (Lipinski definition) is 2. The summed E-state index contributed by atoms with van der Waals surface area (Å²) >= 11 is 0. The Labute approximate surface area is 66.7 Å². The number of hydrogen-bond donors (Lipinski definition) is 1. The molecule has 2 nitrogen and oxygen atoms in total. The van der Waals surface area contributed by atoms with E-state index in [2.05, 4.69) is 0 Å². The zero-order valence-corrected chi connectivity index (χ0v) is 6.55. The molecule has 0 spiro atoms. The number of rotatable bonds is 3. The van der Waals surface area contributed by atoms with Crippen LogP contribution in [0.5, 0.6) is 0 Å². The predicted octanol–water partition coefficient (Wildman–Crippen LogP) is -2.93. The van der Waals surface area contributed by atoms with E-state index in [0.717, 1.165) is 6.29 Å². The van der Waals surface area contributed by atoms with Gasteiger partial charge < -0.3 is 11.3 Å². The SMILES string of the molecule is O=CCCCO.[H-].[Na+]. The molecule has 0 aliphatic rings. The van der Waals surface area contributed by atoms with E-state index < -0.39 is 0 Å². The maximum Gasteiger partial charge on any atom is 1.00 e. The Morgan fingerprint density at radius 1 is 1.71 bits per heavy atom. The summed E-state index contributed by atoms with van der Waals surface area (Å²) in [6.07, 6.45) is 1.89. The average molecular weight is 112 g/mol. The Bertz CT molecular complexity index is 43.0. The van der Waals surface area contributed by atoms with Gasteiger partial charge in [-0.2, -0.15) is 0 Å². The molecule has 38 valence electrons. The standard InChI is InChI=1S/C4H8O2.Na.H/c5-3-1-2-4-6;;/h3,6H,1-2,4H2;;/q;+1;-1. The van der Waals surface area contributed by atoms with Crippen LogP contribution in [0.15, 0.2) is 0 Å². The first-order valence-electron chi connectivity index (χ1n) is 1.96. The second kappa shape index (κ2) is 9.80. The van der Waals surface area contributed by atoms with Gasteiger partial charge in [0, 0.05) is 13.0 Å². The van der Waals surface area contributed by atoms with Gasteiger partial charge in [0.15, 0.2) is 0 Å². The molecule has 0 saturated carbocycles. The second-order valence-corrected chi connectivity index (χ2v) is 1.03. The first-order chi connectivity index (χ1) is 2.91. The van der Waals surface area contributed by atoms with Gasteiger partial charge in [0.1, 0.15) is 6.29 Å². The van der Waals surface area contributed by atoms with Gasteiger partial charge in [-0.1, -0.05) is 0 Å². The minimum Gasteiger partial charge on any atom is -1.00 e. The fraction of sp³-hybridized carbons (Fsp3) is 0.750. The summed E-state index contributed by atoms with van der Waals surface area (Å²) in [4.78, 5) is 9.45. The summed E-state index contributed by atoms with van der Waals surface area (Å²) in [6.45, 7) is 0.124. The Balaban J connectivity index is -0.000000125. The van der Waals surface area contributed by atoms with E-state index in [4.69, 9.17) is 5.11 Å². The molecule has 7 heavy (non-hydrogen) atoms. The summed E-state index contributed by atoms with van der Waals surface area (Å²) in [7, 11) is 0. The van der Waals surface area contributed by atoms with Gasteiger partial charge in [-0.25, -0.2) is 0 Å². The number of unbranched alkanes of at least 4 members (excludes halogenated alkanes) is 1. The number of aliphatic hydroxyl groups is 1. The third-order valence-corrected chi connectivity index (χ3v) is 0.480. The van der Waals surface area contributed by atoms with Gasteiger partial charge in [0.2, 0.25) is 0 Å². The van der Waals surface area contributed by atoms with Crippen LogP contribution in [-0.2, 0) is 4.79 Å².